The van der Waals surface area contributed by atoms with Crippen molar-refractivity contribution in [1.82, 2.24) is 29.9 Å². The molecule has 0 radical (unpaired) electrons. The topological polar surface area (TPSA) is 77.3 Å². The molecular formula is C68H82N6. The fraction of sp³-hybridized carbons (Fsp3) is 0.441. The molecule has 0 saturated heterocycles. The van der Waals surface area contributed by atoms with Gasteiger partial charge in [0.1, 0.15) is 0 Å². The fourth-order valence-electron chi connectivity index (χ4n) is 12.9. The van der Waals surface area contributed by atoms with Crippen molar-refractivity contribution < 1.29 is 0 Å². The summed E-state index contributed by atoms with van der Waals surface area (Å²) >= 11 is 0. The highest BCUT2D eigenvalue weighted by atomic mass is 14.7. The third-order valence-electron chi connectivity index (χ3n) is 18.3. The minimum absolute atomic E-state index is 0.805. The van der Waals surface area contributed by atoms with E-state index >= 15 is 0 Å². The van der Waals surface area contributed by atoms with Crippen LogP contribution in [0.15, 0.2) is 85.7 Å². The van der Waals surface area contributed by atoms with E-state index in [1.165, 1.54) is 190 Å². The highest BCUT2D eigenvalue weighted by Gasteiger charge is 2.39. The third-order valence-corrected chi connectivity index (χ3v) is 18.3. The Morgan fingerprint density at radius 3 is 1.73 bits per heavy atom. The Labute approximate surface area is 443 Å². The Kier molecular flexibility index (Phi) is 16.5. The van der Waals surface area contributed by atoms with E-state index in [9.17, 15) is 0 Å². The number of fused-ring (bicyclic) bond motifs is 14. The van der Waals surface area contributed by atoms with Crippen LogP contribution in [0.25, 0.3) is 21.7 Å². The molecule has 0 spiro atoms. The second kappa shape index (κ2) is 23.2. The van der Waals surface area contributed by atoms with E-state index in [1.807, 2.05) is 43.7 Å². The highest BCUT2D eigenvalue weighted by Crippen LogP contribution is 2.54. The normalized spacial score (nSPS) is 18.9. The van der Waals surface area contributed by atoms with Gasteiger partial charge in [-0.05, 0) is 286 Å². The molecule has 6 heterocycles. The van der Waals surface area contributed by atoms with Crippen molar-refractivity contribution in [2.75, 3.05) is 0 Å². The van der Waals surface area contributed by atoms with Gasteiger partial charge in [-0.3, -0.25) is 29.9 Å². The van der Waals surface area contributed by atoms with E-state index in [4.69, 9.17) is 0 Å². The van der Waals surface area contributed by atoms with Crippen molar-refractivity contribution in [3.63, 3.8) is 0 Å². The fourth-order valence-corrected chi connectivity index (χ4v) is 12.9. The number of benzene rings is 2. The van der Waals surface area contributed by atoms with Crippen LogP contribution in [0.4, 0.5) is 0 Å². The standard InChI is InChI=1S/2C12H15N.C11H15N.C11H11N.C11H15N.C11H11N/c1-7-8(2)13-6-11-9-3-4-10(5-9)12(7)11;1-7-6-13-12-10-4-3-9(5-10)11(12)8(7)2;2*1-8-9(2)12-7-10-5-3-4-6-11(8)10;2*1-8-7-12-11-6-4-3-5-10(11)9(8)2/h2*6,9-10H,3-5H2,1-2H3;7H,3-6H2,1-2H3;3-7H,1-2H3;7H,3-6H2,1-2H3;3-7H,1-2H3. The van der Waals surface area contributed by atoms with Crippen LogP contribution in [0.2, 0.25) is 0 Å². The monoisotopic (exact) mass is 983 g/mol. The van der Waals surface area contributed by atoms with Gasteiger partial charge in [0, 0.05) is 82.3 Å². The van der Waals surface area contributed by atoms with Crippen molar-refractivity contribution >= 4 is 21.7 Å². The molecule has 0 amide bonds. The molecule has 14 rings (SSSR count). The Bertz CT molecular complexity index is 3090. The number of rotatable bonds is 0. The maximum atomic E-state index is 4.60. The van der Waals surface area contributed by atoms with Gasteiger partial charge in [0.2, 0.25) is 0 Å². The largest absolute Gasteiger partial charge is 0.261 e. The van der Waals surface area contributed by atoms with Crippen molar-refractivity contribution in [2.24, 2.45) is 0 Å². The Morgan fingerprint density at radius 1 is 0.378 bits per heavy atom. The summed E-state index contributed by atoms with van der Waals surface area (Å²) < 4.78 is 0. The predicted molar refractivity (Wildman–Crippen MR) is 309 cm³/mol. The molecule has 4 unspecified atom stereocenters. The van der Waals surface area contributed by atoms with Gasteiger partial charge in [-0.2, -0.15) is 0 Å². The van der Waals surface area contributed by atoms with Gasteiger partial charge >= 0.3 is 0 Å². The molecular weight excluding hydrogens is 901 g/mol. The van der Waals surface area contributed by atoms with Crippen LogP contribution in [0.3, 0.4) is 0 Å². The SMILES string of the molecule is Cc1cnc2c(c1C)C1CCC2C1.Cc1cnc2c(c1C)CCCC2.Cc1cnc2ccccc2c1C.Cc1ncc2c(c1C)C1CCC2C1.Cc1ncc2c(c1C)CCCC2.Cc1ncc2ccccc2c1C. The van der Waals surface area contributed by atoms with Crippen LogP contribution in [-0.4, -0.2) is 29.9 Å². The van der Waals surface area contributed by atoms with E-state index in [1.54, 1.807) is 22.3 Å². The van der Waals surface area contributed by atoms with Gasteiger partial charge in [0.05, 0.1) is 5.52 Å². The number of para-hydroxylation sites is 1. The number of hydrogen-bond donors (Lipinski definition) is 0. The lowest BCUT2D eigenvalue weighted by Crippen LogP contribution is -2.08. The first-order chi connectivity index (χ1) is 35.7. The van der Waals surface area contributed by atoms with Gasteiger partial charge < -0.3 is 0 Å². The van der Waals surface area contributed by atoms with Crippen LogP contribution in [0.5, 0.6) is 0 Å². The van der Waals surface area contributed by atoms with Crippen molar-refractivity contribution in [3.05, 3.63) is 198 Å². The second-order valence-electron chi connectivity index (χ2n) is 22.6. The lowest BCUT2D eigenvalue weighted by atomic mass is 9.89. The quantitative estimate of drug-likeness (QED) is 0.151. The van der Waals surface area contributed by atoms with Crippen molar-refractivity contribution in [1.29, 1.82) is 0 Å². The summed E-state index contributed by atoms with van der Waals surface area (Å²) in [6.45, 7) is 25.9. The Hall–Kier alpha value is -6.14. The zero-order valence-corrected chi connectivity index (χ0v) is 47.0. The summed E-state index contributed by atoms with van der Waals surface area (Å²) in [6, 6.07) is 16.6. The molecule has 2 aromatic carbocycles. The molecule has 384 valence electrons. The molecule has 6 aromatic heterocycles. The number of hydrogen-bond acceptors (Lipinski definition) is 6. The van der Waals surface area contributed by atoms with Crippen LogP contribution >= 0.6 is 0 Å². The molecule has 74 heavy (non-hydrogen) atoms. The number of aromatic nitrogens is 6. The summed E-state index contributed by atoms with van der Waals surface area (Å²) in [4.78, 5) is 26.6. The van der Waals surface area contributed by atoms with Gasteiger partial charge in [-0.1, -0.05) is 42.5 Å². The van der Waals surface area contributed by atoms with Gasteiger partial charge in [-0.25, -0.2) is 0 Å². The van der Waals surface area contributed by atoms with Crippen LogP contribution < -0.4 is 0 Å². The third kappa shape index (κ3) is 11.1. The number of pyridine rings is 6. The molecule has 4 atom stereocenters. The van der Waals surface area contributed by atoms with Crippen LogP contribution in [0.1, 0.15) is 200 Å². The summed E-state index contributed by atoms with van der Waals surface area (Å²) in [6.07, 6.45) is 30.8. The lowest BCUT2D eigenvalue weighted by molar-refractivity contribution is 0.662. The summed E-state index contributed by atoms with van der Waals surface area (Å²) in [5, 5.41) is 3.79. The predicted octanol–water partition coefficient (Wildman–Crippen LogP) is 17.0. The van der Waals surface area contributed by atoms with E-state index in [-0.39, 0.29) is 0 Å². The Balaban J connectivity index is 0.000000109. The highest BCUT2D eigenvalue weighted by molar-refractivity contribution is 5.85. The zero-order chi connectivity index (χ0) is 52.2. The minimum atomic E-state index is 0.805. The van der Waals surface area contributed by atoms with E-state index < -0.39 is 0 Å². The average molecular weight is 983 g/mol. The van der Waals surface area contributed by atoms with Gasteiger partial charge in [-0.15, -0.1) is 0 Å². The number of nitrogens with zero attached hydrogens (tertiary/aromatic N) is 6. The maximum Gasteiger partial charge on any atom is 0.0704 e. The number of aryl methyl sites for hydroxylation is 10. The second-order valence-corrected chi connectivity index (χ2v) is 22.6. The molecule has 8 aromatic rings. The maximum absolute atomic E-state index is 4.60. The van der Waals surface area contributed by atoms with E-state index in [0.717, 1.165) is 34.9 Å². The molecule has 0 N–H and O–H groups in total. The first-order valence-corrected chi connectivity index (χ1v) is 28.1. The Morgan fingerprint density at radius 2 is 0.932 bits per heavy atom. The molecule has 6 aliphatic rings. The minimum Gasteiger partial charge on any atom is -0.261 e. The summed E-state index contributed by atoms with van der Waals surface area (Å²) in [5.74, 6) is 3.39. The lowest BCUT2D eigenvalue weighted by Gasteiger charge is -2.18. The first kappa shape index (κ1) is 52.7. The molecule has 6 aliphatic carbocycles. The smallest absolute Gasteiger partial charge is 0.0704 e. The average Bonchev–Trinajstić information content (AvgIpc) is 4.26. The van der Waals surface area contributed by atoms with E-state index in [0.29, 0.717) is 0 Å². The van der Waals surface area contributed by atoms with Gasteiger partial charge in [0.25, 0.3) is 0 Å². The molecule has 2 fully saturated rings. The summed E-state index contributed by atoms with van der Waals surface area (Å²) in [7, 11) is 0. The van der Waals surface area contributed by atoms with Crippen LogP contribution in [0, 0.1) is 83.1 Å². The zero-order valence-electron chi connectivity index (χ0n) is 47.0. The molecule has 0 aliphatic heterocycles. The first-order valence-electron chi connectivity index (χ1n) is 28.1. The van der Waals surface area contributed by atoms with Crippen molar-refractivity contribution in [3.8, 4) is 0 Å². The molecule has 6 heteroatoms. The van der Waals surface area contributed by atoms with Crippen LogP contribution in [-0.2, 0) is 25.7 Å². The van der Waals surface area contributed by atoms with Crippen molar-refractivity contribution in [2.45, 2.75) is 197 Å². The molecule has 6 nitrogen and oxygen atoms in total. The summed E-state index contributed by atoms with van der Waals surface area (Å²) in [5.41, 5.74) is 29.3. The molecule has 4 bridgehead atoms. The van der Waals surface area contributed by atoms with Gasteiger partial charge in [0.15, 0.2) is 0 Å². The van der Waals surface area contributed by atoms with E-state index in [2.05, 4.69) is 155 Å². The molecule has 2 saturated carbocycles.